The van der Waals surface area contributed by atoms with Gasteiger partial charge >= 0.3 is 6.09 Å². The molecule has 0 fully saturated rings. The number of rotatable bonds is 1. The van der Waals surface area contributed by atoms with Crippen molar-refractivity contribution in [3.05, 3.63) is 54.0 Å². The van der Waals surface area contributed by atoms with Crippen LogP contribution < -0.4 is 0 Å². The van der Waals surface area contributed by atoms with Crippen LogP contribution in [0, 0.1) is 0 Å². The van der Waals surface area contributed by atoms with E-state index in [0.29, 0.717) is 0 Å². The van der Waals surface area contributed by atoms with Gasteiger partial charge in [0.05, 0.1) is 26.9 Å². The molecular weight excluding hydrogens is 332 g/mol. The Kier molecular flexibility index (Phi) is 3.62. The molecule has 2 aromatic heterocycles. The smallest absolute Gasteiger partial charge is 0.419 e. The van der Waals surface area contributed by atoms with Gasteiger partial charge in [-0.15, -0.1) is 11.3 Å². The lowest BCUT2D eigenvalue weighted by molar-refractivity contribution is 0.0547. The first kappa shape index (κ1) is 15.8. The van der Waals surface area contributed by atoms with Crippen LogP contribution >= 0.6 is 11.3 Å². The van der Waals surface area contributed by atoms with E-state index in [1.54, 1.807) is 15.9 Å². The largest absolute Gasteiger partial charge is 0.443 e. The molecule has 0 aliphatic heterocycles. The van der Waals surface area contributed by atoms with Crippen LogP contribution in [-0.4, -0.2) is 21.2 Å². The van der Waals surface area contributed by atoms with Gasteiger partial charge in [-0.25, -0.2) is 14.3 Å². The molecule has 2 heterocycles. The molecule has 0 N–H and O–H groups in total. The minimum Gasteiger partial charge on any atom is -0.443 e. The molecule has 126 valence electrons. The van der Waals surface area contributed by atoms with Gasteiger partial charge in [0.25, 0.3) is 0 Å². The highest BCUT2D eigenvalue weighted by Crippen LogP contribution is 2.31. The highest BCUT2D eigenvalue weighted by atomic mass is 32.1. The second-order valence-corrected chi connectivity index (χ2v) is 7.83. The summed E-state index contributed by atoms with van der Waals surface area (Å²) in [5.41, 5.74) is 4.80. The van der Waals surface area contributed by atoms with Gasteiger partial charge < -0.3 is 4.74 Å². The molecule has 5 heteroatoms. The molecule has 0 saturated heterocycles. The Hall–Kier alpha value is -2.66. The van der Waals surface area contributed by atoms with E-state index in [0.717, 1.165) is 32.4 Å². The number of aromatic nitrogens is 2. The predicted molar refractivity (Wildman–Crippen MR) is 102 cm³/mol. The minimum absolute atomic E-state index is 0.373. The number of hydrogen-bond donors (Lipinski definition) is 0. The zero-order valence-electron chi connectivity index (χ0n) is 14.3. The Morgan fingerprint density at radius 2 is 1.92 bits per heavy atom. The van der Waals surface area contributed by atoms with Gasteiger partial charge in [0.15, 0.2) is 0 Å². The first-order valence-electron chi connectivity index (χ1n) is 8.10. The Balaban J connectivity index is 1.93. The zero-order chi connectivity index (χ0) is 17.6. The van der Waals surface area contributed by atoms with Crippen molar-refractivity contribution in [1.82, 2.24) is 9.55 Å². The molecule has 0 bridgehead atoms. The summed E-state index contributed by atoms with van der Waals surface area (Å²) in [6, 6.07) is 15.9. The Morgan fingerprint density at radius 1 is 1.12 bits per heavy atom. The first-order valence-corrected chi connectivity index (χ1v) is 8.98. The number of fused-ring (bicyclic) bond motifs is 2. The fourth-order valence-corrected chi connectivity index (χ4v) is 3.55. The summed E-state index contributed by atoms with van der Waals surface area (Å²) in [6.45, 7) is 5.62. The fourth-order valence-electron chi connectivity index (χ4n) is 2.89. The summed E-state index contributed by atoms with van der Waals surface area (Å²) >= 11 is 1.61. The molecule has 25 heavy (non-hydrogen) atoms. The van der Waals surface area contributed by atoms with E-state index in [2.05, 4.69) is 4.98 Å². The van der Waals surface area contributed by atoms with Crippen molar-refractivity contribution in [2.75, 3.05) is 0 Å². The van der Waals surface area contributed by atoms with Crippen molar-refractivity contribution in [3.8, 4) is 11.3 Å². The number of hydrogen-bond acceptors (Lipinski definition) is 4. The molecule has 0 saturated carbocycles. The van der Waals surface area contributed by atoms with Crippen molar-refractivity contribution < 1.29 is 9.53 Å². The SMILES string of the molecule is CC(C)(C)OC(=O)n1c(-c2ccc3scnc3c2)cc2ccccc21. The van der Waals surface area contributed by atoms with Gasteiger partial charge in [0, 0.05) is 10.9 Å². The van der Waals surface area contributed by atoms with Gasteiger partial charge in [-0.2, -0.15) is 0 Å². The molecule has 0 unspecified atom stereocenters. The summed E-state index contributed by atoms with van der Waals surface area (Å²) in [5.74, 6) is 0. The molecule has 0 atom stereocenters. The maximum Gasteiger partial charge on any atom is 0.419 e. The topological polar surface area (TPSA) is 44.1 Å². The lowest BCUT2D eigenvalue weighted by atomic mass is 10.1. The second-order valence-electron chi connectivity index (χ2n) is 6.94. The number of para-hydroxylation sites is 1. The number of carbonyl (C=O) groups excluding carboxylic acids is 1. The van der Waals surface area contributed by atoms with Crippen LogP contribution in [-0.2, 0) is 4.74 Å². The number of carbonyl (C=O) groups is 1. The predicted octanol–water partition coefficient (Wildman–Crippen LogP) is 5.70. The fraction of sp³-hybridized carbons (Fsp3) is 0.200. The van der Waals surface area contributed by atoms with Crippen LogP contribution in [0.2, 0.25) is 0 Å². The molecule has 2 aromatic carbocycles. The normalized spacial score (nSPS) is 12.0. The van der Waals surface area contributed by atoms with Gasteiger partial charge in [-0.1, -0.05) is 24.3 Å². The van der Waals surface area contributed by atoms with E-state index in [4.69, 9.17) is 4.74 Å². The minimum atomic E-state index is -0.557. The van der Waals surface area contributed by atoms with E-state index in [1.807, 2.05) is 74.8 Å². The summed E-state index contributed by atoms with van der Waals surface area (Å²) in [7, 11) is 0. The maximum absolute atomic E-state index is 12.9. The third-order valence-corrected chi connectivity index (χ3v) is 4.72. The lowest BCUT2D eigenvalue weighted by Gasteiger charge is -2.21. The van der Waals surface area contributed by atoms with E-state index in [9.17, 15) is 4.79 Å². The van der Waals surface area contributed by atoms with Gasteiger partial charge in [-0.3, -0.25) is 0 Å². The van der Waals surface area contributed by atoms with Gasteiger partial charge in [0.2, 0.25) is 0 Å². The van der Waals surface area contributed by atoms with Gasteiger partial charge in [-0.05, 0) is 45.0 Å². The van der Waals surface area contributed by atoms with Crippen molar-refractivity contribution in [1.29, 1.82) is 0 Å². The molecule has 0 aliphatic rings. The van der Waals surface area contributed by atoms with E-state index < -0.39 is 5.60 Å². The number of ether oxygens (including phenoxy) is 1. The molecule has 4 nitrogen and oxygen atoms in total. The molecule has 4 aromatic rings. The number of thiazole rings is 1. The van der Waals surface area contributed by atoms with E-state index in [1.165, 1.54) is 0 Å². The highest BCUT2D eigenvalue weighted by Gasteiger charge is 2.22. The average molecular weight is 350 g/mol. The van der Waals surface area contributed by atoms with Crippen LogP contribution in [0.25, 0.3) is 32.4 Å². The second kappa shape index (κ2) is 5.70. The number of nitrogens with zero attached hydrogens (tertiary/aromatic N) is 2. The molecule has 4 rings (SSSR count). The van der Waals surface area contributed by atoms with E-state index >= 15 is 0 Å². The summed E-state index contributed by atoms with van der Waals surface area (Å²) < 4.78 is 8.41. The van der Waals surface area contributed by atoms with Crippen LogP contribution in [0.1, 0.15) is 20.8 Å². The van der Waals surface area contributed by atoms with Crippen molar-refractivity contribution in [3.63, 3.8) is 0 Å². The van der Waals surface area contributed by atoms with Crippen molar-refractivity contribution >= 4 is 38.5 Å². The molecule has 0 spiro atoms. The third kappa shape index (κ3) is 2.91. The third-order valence-electron chi connectivity index (χ3n) is 3.91. The first-order chi connectivity index (χ1) is 11.9. The Labute approximate surface area is 149 Å². The standard InChI is InChI=1S/C20H18N2O2S/c1-20(2,3)24-19(23)22-16-7-5-4-6-13(16)11-17(22)14-8-9-18-15(10-14)21-12-25-18/h4-12H,1-3H3. The van der Waals surface area contributed by atoms with Gasteiger partial charge in [0.1, 0.15) is 5.60 Å². The summed E-state index contributed by atoms with van der Waals surface area (Å²) in [4.78, 5) is 17.3. The van der Waals surface area contributed by atoms with Crippen LogP contribution in [0.5, 0.6) is 0 Å². The maximum atomic E-state index is 12.9. The monoisotopic (exact) mass is 350 g/mol. The lowest BCUT2D eigenvalue weighted by Crippen LogP contribution is -2.27. The highest BCUT2D eigenvalue weighted by molar-refractivity contribution is 7.16. The van der Waals surface area contributed by atoms with Crippen LogP contribution in [0.15, 0.2) is 54.0 Å². The van der Waals surface area contributed by atoms with Crippen molar-refractivity contribution in [2.45, 2.75) is 26.4 Å². The zero-order valence-corrected chi connectivity index (χ0v) is 15.1. The summed E-state index contributed by atoms with van der Waals surface area (Å²) in [5, 5.41) is 1.00. The number of benzene rings is 2. The Bertz CT molecular complexity index is 1090. The summed E-state index contributed by atoms with van der Waals surface area (Å²) in [6.07, 6.45) is -0.373. The molecular formula is C20H18N2O2S. The molecule has 0 aliphatic carbocycles. The Morgan fingerprint density at radius 3 is 2.72 bits per heavy atom. The van der Waals surface area contributed by atoms with E-state index in [-0.39, 0.29) is 6.09 Å². The van der Waals surface area contributed by atoms with Crippen molar-refractivity contribution in [2.24, 2.45) is 0 Å². The van der Waals surface area contributed by atoms with Crippen LogP contribution in [0.3, 0.4) is 0 Å². The quantitative estimate of drug-likeness (QED) is 0.442. The average Bonchev–Trinajstić information content (AvgIpc) is 3.16. The molecule has 0 radical (unpaired) electrons. The molecule has 0 amide bonds. The van der Waals surface area contributed by atoms with Crippen LogP contribution in [0.4, 0.5) is 4.79 Å².